The number of nitrogens with zero attached hydrogens (tertiary/aromatic N) is 1. The molecule has 0 spiro atoms. The van der Waals surface area contributed by atoms with E-state index < -0.39 is 5.95 Å². The van der Waals surface area contributed by atoms with Crippen LogP contribution in [0.4, 0.5) is 10.2 Å². The molecule has 0 bridgehead atoms. The molecule has 3 atom stereocenters. The monoisotopic (exact) mass is 240 g/mol. The van der Waals surface area contributed by atoms with Crippen LogP contribution in [0.5, 0.6) is 0 Å². The zero-order valence-corrected chi connectivity index (χ0v) is 10.0. The molecule has 17 heavy (non-hydrogen) atoms. The topological polar surface area (TPSA) is 43.4 Å². The lowest BCUT2D eigenvalue weighted by molar-refractivity contribution is -0.118. The largest absolute Gasteiger partial charge is 0.377 e. The minimum atomic E-state index is -0.482. The van der Waals surface area contributed by atoms with Crippen molar-refractivity contribution in [1.82, 2.24) is 4.98 Å². The number of halogens is 1. The number of hydrogen-bond acceptors (Lipinski definition) is 4. The Labute approximate surface area is 100 Å². The fourth-order valence-electron chi connectivity index (χ4n) is 2.09. The molecule has 1 fully saturated rings. The number of ether oxygens (including phenoxy) is 2. The molecule has 1 aromatic rings. The van der Waals surface area contributed by atoms with Gasteiger partial charge >= 0.3 is 0 Å². The lowest BCUT2D eigenvalue weighted by Gasteiger charge is -2.43. The predicted molar refractivity (Wildman–Crippen MR) is 62.4 cm³/mol. The van der Waals surface area contributed by atoms with Crippen molar-refractivity contribution in [3.8, 4) is 0 Å². The Kier molecular flexibility index (Phi) is 3.91. The molecule has 1 aliphatic rings. The van der Waals surface area contributed by atoms with Crippen molar-refractivity contribution in [3.63, 3.8) is 0 Å². The average molecular weight is 240 g/mol. The molecule has 1 aromatic heterocycles. The summed E-state index contributed by atoms with van der Waals surface area (Å²) in [6.07, 6.45) is 0.973. The van der Waals surface area contributed by atoms with Crippen molar-refractivity contribution < 1.29 is 13.9 Å². The van der Waals surface area contributed by atoms with Crippen molar-refractivity contribution in [1.29, 1.82) is 0 Å². The maximum absolute atomic E-state index is 12.9. The number of rotatable bonds is 5. The third-order valence-corrected chi connectivity index (χ3v) is 2.95. The molecule has 1 saturated carbocycles. The van der Waals surface area contributed by atoms with Crippen LogP contribution in [0.25, 0.3) is 0 Å². The van der Waals surface area contributed by atoms with E-state index >= 15 is 0 Å². The number of nitrogens with one attached hydrogen (secondary N) is 1. The van der Waals surface area contributed by atoms with Gasteiger partial charge in [-0.3, -0.25) is 0 Å². The normalized spacial score (nSPS) is 27.6. The Morgan fingerprint density at radius 1 is 1.53 bits per heavy atom. The summed E-state index contributed by atoms with van der Waals surface area (Å²) in [6.45, 7) is 2.64. The lowest BCUT2D eigenvalue weighted by Crippen LogP contribution is -2.56. The van der Waals surface area contributed by atoms with Crippen LogP contribution in [-0.2, 0) is 9.47 Å². The van der Waals surface area contributed by atoms with Crippen LogP contribution in [-0.4, -0.2) is 37.0 Å². The first-order valence-corrected chi connectivity index (χ1v) is 5.78. The first kappa shape index (κ1) is 12.3. The number of aromatic nitrogens is 1. The summed E-state index contributed by atoms with van der Waals surface area (Å²) in [5.41, 5.74) is 0. The highest BCUT2D eigenvalue weighted by atomic mass is 19.1. The minimum Gasteiger partial charge on any atom is -0.377 e. The van der Waals surface area contributed by atoms with Crippen LogP contribution in [0.3, 0.4) is 0 Å². The van der Waals surface area contributed by atoms with Crippen molar-refractivity contribution in [2.24, 2.45) is 0 Å². The van der Waals surface area contributed by atoms with Gasteiger partial charge in [-0.25, -0.2) is 4.98 Å². The molecule has 94 valence electrons. The summed E-state index contributed by atoms with van der Waals surface area (Å²) in [5.74, 6) is 0.0525. The fourth-order valence-corrected chi connectivity index (χ4v) is 2.09. The van der Waals surface area contributed by atoms with Gasteiger partial charge in [0.15, 0.2) is 0 Å². The molecule has 2 rings (SSSR count). The van der Waals surface area contributed by atoms with Crippen molar-refractivity contribution in [2.75, 3.05) is 19.0 Å². The van der Waals surface area contributed by atoms with E-state index in [0.717, 1.165) is 6.42 Å². The standard InChI is InChI=1S/C12H17FN2O2/c1-3-17-9-7-8(12(9)16-2)14-11-6-4-5-10(13)15-11/h4-6,8-9,12H,3,7H2,1-2H3,(H,14,15). The van der Waals surface area contributed by atoms with E-state index in [1.807, 2.05) is 6.92 Å². The first-order valence-electron chi connectivity index (χ1n) is 5.78. The Morgan fingerprint density at radius 2 is 2.35 bits per heavy atom. The molecule has 0 amide bonds. The van der Waals surface area contributed by atoms with Gasteiger partial charge in [0.1, 0.15) is 11.9 Å². The highest BCUT2D eigenvalue weighted by Crippen LogP contribution is 2.29. The number of pyridine rings is 1. The lowest BCUT2D eigenvalue weighted by atomic mass is 9.85. The Hall–Kier alpha value is -1.20. The van der Waals surface area contributed by atoms with Crippen LogP contribution in [0.2, 0.25) is 0 Å². The predicted octanol–water partition coefficient (Wildman–Crippen LogP) is 1.82. The van der Waals surface area contributed by atoms with Gasteiger partial charge < -0.3 is 14.8 Å². The molecular weight excluding hydrogens is 223 g/mol. The summed E-state index contributed by atoms with van der Waals surface area (Å²) in [4.78, 5) is 3.76. The SMILES string of the molecule is CCOC1CC(Nc2cccc(F)n2)C1OC. The number of methoxy groups -OCH3 is 1. The Morgan fingerprint density at radius 3 is 3.00 bits per heavy atom. The Bertz CT molecular complexity index is 375. The minimum absolute atomic E-state index is 0.0000161. The second kappa shape index (κ2) is 5.42. The smallest absolute Gasteiger partial charge is 0.214 e. The van der Waals surface area contributed by atoms with Gasteiger partial charge in [-0.05, 0) is 25.5 Å². The molecule has 0 aromatic carbocycles. The summed E-state index contributed by atoms with van der Waals surface area (Å²) in [7, 11) is 1.66. The van der Waals surface area contributed by atoms with Gasteiger partial charge in [0.2, 0.25) is 5.95 Å². The van der Waals surface area contributed by atoms with Gasteiger partial charge in [0, 0.05) is 13.7 Å². The molecule has 4 nitrogen and oxygen atoms in total. The zero-order valence-electron chi connectivity index (χ0n) is 10.0. The van der Waals surface area contributed by atoms with E-state index in [-0.39, 0.29) is 18.2 Å². The van der Waals surface area contributed by atoms with E-state index in [2.05, 4.69) is 10.3 Å². The van der Waals surface area contributed by atoms with E-state index in [1.54, 1.807) is 19.2 Å². The van der Waals surface area contributed by atoms with Gasteiger partial charge in [-0.15, -0.1) is 0 Å². The quantitative estimate of drug-likeness (QED) is 0.797. The summed E-state index contributed by atoms with van der Waals surface area (Å²) < 4.78 is 23.8. The maximum Gasteiger partial charge on any atom is 0.214 e. The van der Waals surface area contributed by atoms with Gasteiger partial charge in [0.25, 0.3) is 0 Å². The van der Waals surface area contributed by atoms with Crippen LogP contribution < -0.4 is 5.32 Å². The van der Waals surface area contributed by atoms with E-state index in [0.29, 0.717) is 12.4 Å². The van der Waals surface area contributed by atoms with E-state index in [1.165, 1.54) is 6.07 Å². The van der Waals surface area contributed by atoms with Crippen LogP contribution >= 0.6 is 0 Å². The summed E-state index contributed by atoms with van der Waals surface area (Å²) >= 11 is 0. The third kappa shape index (κ3) is 2.73. The van der Waals surface area contributed by atoms with Crippen molar-refractivity contribution in [3.05, 3.63) is 24.1 Å². The second-order valence-electron chi connectivity index (χ2n) is 4.03. The molecule has 0 aliphatic heterocycles. The summed E-state index contributed by atoms with van der Waals surface area (Å²) in [5, 5.41) is 3.15. The molecular formula is C12H17FN2O2. The maximum atomic E-state index is 12.9. The zero-order chi connectivity index (χ0) is 12.3. The Balaban J connectivity index is 1.92. The molecule has 5 heteroatoms. The van der Waals surface area contributed by atoms with Gasteiger partial charge in [0.05, 0.1) is 12.1 Å². The highest BCUT2D eigenvalue weighted by Gasteiger charge is 2.42. The molecule has 0 saturated heterocycles. The van der Waals surface area contributed by atoms with Gasteiger partial charge in [-0.2, -0.15) is 4.39 Å². The van der Waals surface area contributed by atoms with Crippen LogP contribution in [0.1, 0.15) is 13.3 Å². The van der Waals surface area contributed by atoms with Gasteiger partial charge in [-0.1, -0.05) is 6.07 Å². The molecule has 3 unspecified atom stereocenters. The van der Waals surface area contributed by atoms with Crippen molar-refractivity contribution >= 4 is 5.82 Å². The second-order valence-corrected chi connectivity index (χ2v) is 4.03. The molecule has 1 N–H and O–H groups in total. The molecule has 0 radical (unpaired) electrons. The van der Waals surface area contributed by atoms with E-state index in [9.17, 15) is 4.39 Å². The average Bonchev–Trinajstić information content (AvgIpc) is 2.28. The molecule has 1 heterocycles. The highest BCUT2D eigenvalue weighted by molar-refractivity contribution is 5.36. The van der Waals surface area contributed by atoms with E-state index in [4.69, 9.17) is 9.47 Å². The first-order chi connectivity index (χ1) is 8.24. The van der Waals surface area contributed by atoms with Crippen molar-refractivity contribution in [2.45, 2.75) is 31.6 Å². The number of anilines is 1. The fraction of sp³-hybridized carbons (Fsp3) is 0.583. The summed E-state index contributed by atoms with van der Waals surface area (Å²) in [6, 6.07) is 4.82. The van der Waals surface area contributed by atoms with Crippen LogP contribution in [0.15, 0.2) is 18.2 Å². The van der Waals surface area contributed by atoms with Crippen LogP contribution in [0, 0.1) is 5.95 Å². The number of hydrogen-bond donors (Lipinski definition) is 1. The molecule has 1 aliphatic carbocycles. The third-order valence-electron chi connectivity index (χ3n) is 2.95.